The van der Waals surface area contributed by atoms with Crippen molar-refractivity contribution in [1.29, 1.82) is 0 Å². The molecule has 14 heteroatoms. The number of nitrogens with zero attached hydrogens (tertiary/aromatic N) is 6. The Kier molecular flexibility index (Phi) is 7.95. The predicted octanol–water partition coefficient (Wildman–Crippen LogP) is 3.77. The molecule has 11 nitrogen and oxygen atoms in total. The summed E-state index contributed by atoms with van der Waals surface area (Å²) >= 11 is 0. The van der Waals surface area contributed by atoms with E-state index in [1.807, 2.05) is 20.9 Å². The lowest BCUT2D eigenvalue weighted by molar-refractivity contribution is -0.141. The second-order valence-electron chi connectivity index (χ2n) is 10.2. The molecule has 0 radical (unpaired) electrons. The lowest BCUT2D eigenvalue weighted by atomic mass is 10.1. The number of rotatable bonds is 6. The second-order valence-corrected chi connectivity index (χ2v) is 10.2. The minimum absolute atomic E-state index is 0.116. The van der Waals surface area contributed by atoms with E-state index >= 15 is 0 Å². The summed E-state index contributed by atoms with van der Waals surface area (Å²) in [6.07, 6.45) is 1.69. The van der Waals surface area contributed by atoms with E-state index in [1.165, 1.54) is 18.5 Å². The quantitative estimate of drug-likeness (QED) is 0.437. The smallest absolute Gasteiger partial charge is 0.416 e. The molecule has 3 aromatic rings. The highest BCUT2D eigenvalue weighted by Gasteiger charge is 2.36. The molecule has 5 heterocycles. The Bertz CT molecular complexity index is 1370. The van der Waals surface area contributed by atoms with Gasteiger partial charge in [0.15, 0.2) is 23.2 Å². The van der Waals surface area contributed by atoms with Crippen molar-refractivity contribution in [3.05, 3.63) is 48.4 Å². The number of anilines is 3. The Morgan fingerprint density at radius 2 is 2.02 bits per heavy atom. The molecule has 1 N–H and O–H groups in total. The van der Waals surface area contributed by atoms with E-state index in [1.54, 1.807) is 12.3 Å². The molecule has 3 aliphatic rings. The molecule has 0 aliphatic carbocycles. The number of halogens is 3. The minimum Gasteiger partial charge on any atom is -0.474 e. The number of alkyl halides is 3. The lowest BCUT2D eigenvalue weighted by Crippen LogP contribution is -2.40. The first-order chi connectivity index (χ1) is 19.5. The first kappa shape index (κ1) is 28.5. The second kappa shape index (κ2) is 11.4. The number of benzene rings is 1. The average Bonchev–Trinajstić information content (AvgIpc) is 3.55. The molecular formula is C27H30F3N7O4. The number of aromatic nitrogens is 4. The molecule has 218 valence electrons. The number of ether oxygens (including phenoxy) is 3. The van der Waals surface area contributed by atoms with Gasteiger partial charge < -0.3 is 29.3 Å². The van der Waals surface area contributed by atoms with Crippen LogP contribution in [-0.2, 0) is 20.4 Å². The van der Waals surface area contributed by atoms with Crippen molar-refractivity contribution < 1.29 is 32.2 Å². The van der Waals surface area contributed by atoms with E-state index in [0.29, 0.717) is 48.8 Å². The van der Waals surface area contributed by atoms with E-state index in [0.717, 1.165) is 43.1 Å². The Labute approximate surface area is 234 Å². The van der Waals surface area contributed by atoms with Gasteiger partial charge in [-0.1, -0.05) is 12.1 Å². The van der Waals surface area contributed by atoms with Crippen LogP contribution in [-0.4, -0.2) is 77.6 Å². The third kappa shape index (κ3) is 6.65. The summed E-state index contributed by atoms with van der Waals surface area (Å²) in [4.78, 5) is 31.3. The zero-order chi connectivity index (χ0) is 29.2. The van der Waals surface area contributed by atoms with Gasteiger partial charge in [0.1, 0.15) is 12.7 Å². The Morgan fingerprint density at radius 3 is 2.71 bits per heavy atom. The SMILES string of the molecule is CC1(C)OCC(COc2cnc(NC=O)cn2)O1.CN1c2nc(-c3cccc(C(F)(F)F)c3)ncc2N2CCC1C2. The molecule has 2 atom stereocenters. The first-order valence-corrected chi connectivity index (χ1v) is 13.0. The number of carbonyl (C=O) groups is 1. The van der Waals surface area contributed by atoms with Crippen molar-refractivity contribution in [2.75, 3.05) is 48.5 Å². The van der Waals surface area contributed by atoms with Crippen LogP contribution in [0.3, 0.4) is 0 Å². The highest BCUT2D eigenvalue weighted by Crippen LogP contribution is 2.38. The maximum Gasteiger partial charge on any atom is 0.416 e. The van der Waals surface area contributed by atoms with Gasteiger partial charge >= 0.3 is 6.18 Å². The van der Waals surface area contributed by atoms with Gasteiger partial charge in [-0.2, -0.15) is 13.2 Å². The summed E-state index contributed by atoms with van der Waals surface area (Å²) in [5.74, 6) is 1.31. The Hall–Kier alpha value is -4.04. The molecule has 2 aromatic heterocycles. The van der Waals surface area contributed by atoms with Crippen LogP contribution < -0.4 is 19.9 Å². The predicted molar refractivity (Wildman–Crippen MR) is 144 cm³/mol. The van der Waals surface area contributed by atoms with Gasteiger partial charge in [-0.15, -0.1) is 0 Å². The largest absolute Gasteiger partial charge is 0.474 e. The summed E-state index contributed by atoms with van der Waals surface area (Å²) in [6.45, 7) is 6.47. The Balaban J connectivity index is 0.000000170. The van der Waals surface area contributed by atoms with Gasteiger partial charge in [-0.3, -0.25) is 4.79 Å². The van der Waals surface area contributed by atoms with Gasteiger partial charge in [0.25, 0.3) is 0 Å². The minimum atomic E-state index is -4.37. The molecular weight excluding hydrogens is 543 g/mol. The number of fused-ring (bicyclic) bond motifs is 4. The summed E-state index contributed by atoms with van der Waals surface area (Å²) in [6, 6.07) is 5.55. The van der Waals surface area contributed by atoms with Gasteiger partial charge in [-0.05, 0) is 32.4 Å². The average molecular weight is 574 g/mol. The summed E-state index contributed by atoms with van der Waals surface area (Å²) < 4.78 is 55.0. The van der Waals surface area contributed by atoms with Crippen molar-refractivity contribution in [3.63, 3.8) is 0 Å². The summed E-state index contributed by atoms with van der Waals surface area (Å²) in [5, 5.41) is 2.39. The molecule has 2 fully saturated rings. The van der Waals surface area contributed by atoms with Crippen LogP contribution in [0.1, 0.15) is 25.8 Å². The van der Waals surface area contributed by atoms with Gasteiger partial charge in [0.05, 0.1) is 36.4 Å². The van der Waals surface area contributed by atoms with Crippen molar-refractivity contribution >= 4 is 23.7 Å². The van der Waals surface area contributed by atoms with Gasteiger partial charge in [-0.25, -0.2) is 19.9 Å². The van der Waals surface area contributed by atoms with Crippen LogP contribution >= 0.6 is 0 Å². The van der Waals surface area contributed by atoms with E-state index in [9.17, 15) is 18.0 Å². The third-order valence-electron chi connectivity index (χ3n) is 6.90. The molecule has 41 heavy (non-hydrogen) atoms. The number of carbonyl (C=O) groups excluding carboxylic acids is 1. The van der Waals surface area contributed by atoms with Crippen molar-refractivity contribution in [3.8, 4) is 17.3 Å². The topological polar surface area (TPSA) is 115 Å². The number of hydrogen-bond acceptors (Lipinski definition) is 10. The fraction of sp³-hybridized carbons (Fsp3) is 0.444. The van der Waals surface area contributed by atoms with E-state index < -0.39 is 17.5 Å². The zero-order valence-corrected chi connectivity index (χ0v) is 22.8. The normalized spacial score (nSPS) is 20.6. The molecule has 0 saturated carbocycles. The molecule has 2 saturated heterocycles. The number of hydrogen-bond donors (Lipinski definition) is 1. The van der Waals surface area contributed by atoms with E-state index in [-0.39, 0.29) is 6.10 Å². The van der Waals surface area contributed by atoms with Crippen LogP contribution in [0.4, 0.5) is 30.5 Å². The fourth-order valence-corrected chi connectivity index (χ4v) is 4.82. The fourth-order valence-electron chi connectivity index (χ4n) is 4.82. The highest BCUT2D eigenvalue weighted by atomic mass is 19.4. The molecule has 3 aliphatic heterocycles. The molecule has 6 rings (SSSR count). The molecule has 1 amide bonds. The summed E-state index contributed by atoms with van der Waals surface area (Å²) in [5.41, 5.74) is 0.648. The zero-order valence-electron chi connectivity index (χ0n) is 22.8. The van der Waals surface area contributed by atoms with Crippen molar-refractivity contribution in [2.45, 2.75) is 44.4 Å². The van der Waals surface area contributed by atoms with Crippen molar-refractivity contribution in [2.24, 2.45) is 0 Å². The number of likely N-dealkylation sites (N-methyl/N-ethyl adjacent to an activating group) is 1. The first-order valence-electron chi connectivity index (χ1n) is 13.0. The van der Waals surface area contributed by atoms with Crippen LogP contribution in [0.2, 0.25) is 0 Å². The Morgan fingerprint density at radius 1 is 1.20 bits per heavy atom. The third-order valence-corrected chi connectivity index (χ3v) is 6.90. The van der Waals surface area contributed by atoms with Gasteiger partial charge in [0.2, 0.25) is 12.3 Å². The maximum atomic E-state index is 12.9. The monoisotopic (exact) mass is 573 g/mol. The van der Waals surface area contributed by atoms with Crippen LogP contribution in [0.15, 0.2) is 42.9 Å². The number of amides is 1. The molecule has 1 aromatic carbocycles. The van der Waals surface area contributed by atoms with Crippen LogP contribution in [0.5, 0.6) is 5.88 Å². The number of nitrogens with one attached hydrogen (secondary N) is 1. The highest BCUT2D eigenvalue weighted by molar-refractivity contribution is 5.73. The maximum absolute atomic E-state index is 12.9. The molecule has 0 spiro atoms. The van der Waals surface area contributed by atoms with Crippen molar-refractivity contribution in [1.82, 2.24) is 19.9 Å². The van der Waals surface area contributed by atoms with E-state index in [2.05, 4.69) is 35.1 Å². The molecule has 2 unspecified atom stereocenters. The van der Waals surface area contributed by atoms with Crippen LogP contribution in [0, 0.1) is 0 Å². The standard InChI is InChI=1S/C16H15F3N4.C11H15N3O4/c1-22-12-5-6-23(9-12)13-8-20-14(21-15(13)22)10-3-2-4-11(7-10)16(17,18)19;1-11(2)17-6-8(18-11)5-16-10-4-12-9(3-13-10)14-7-15/h2-4,7-8,12H,5-6,9H2,1H3;3-4,7-8H,5-6H2,1-2H3,(H,12,14,15). The lowest BCUT2D eigenvalue weighted by Gasteiger charge is -2.34. The van der Waals surface area contributed by atoms with E-state index in [4.69, 9.17) is 14.2 Å². The van der Waals surface area contributed by atoms with Crippen LogP contribution in [0.25, 0.3) is 11.4 Å². The molecule has 2 bridgehead atoms. The summed E-state index contributed by atoms with van der Waals surface area (Å²) in [7, 11) is 1.98. The van der Waals surface area contributed by atoms with Gasteiger partial charge in [0, 0.05) is 31.7 Å².